The predicted molar refractivity (Wildman–Crippen MR) is 147 cm³/mol. The number of aromatic nitrogens is 3. The van der Waals surface area contributed by atoms with Crippen LogP contribution in [0.4, 0.5) is 10.1 Å². The third-order valence-corrected chi connectivity index (χ3v) is 8.33. The standard InChI is InChI=1S/C29H41FN6O4/c1-17(22-13-19(30)7-8-24(22)34-11-9-20(37)10-12-34)31-27(39)25-14-21(38)15-35(25)28(40)26(29(2,3)4)36-16-23(32-33-36)18-5-6-18/h7-8,13,16-18,20-21,25-26,37-38H,5-6,9-12,14-15H2,1-4H3,(H,31,39)/t17?,21-,25+,26-/m1/s1. The first-order valence-electron chi connectivity index (χ1n) is 14.4. The summed E-state index contributed by atoms with van der Waals surface area (Å²) in [5.74, 6) is -0.703. The minimum atomic E-state index is -0.872. The molecule has 0 spiro atoms. The number of nitrogens with one attached hydrogen (secondary N) is 1. The number of β-amino-alcohol motifs (C(OH)–C–C–N with tert-alkyl or cyclic N) is 1. The van der Waals surface area contributed by atoms with E-state index in [1.807, 2.05) is 27.0 Å². The summed E-state index contributed by atoms with van der Waals surface area (Å²) in [5.41, 5.74) is 1.79. The molecule has 0 radical (unpaired) electrons. The Hall–Kier alpha value is -3.05. The lowest BCUT2D eigenvalue weighted by molar-refractivity contribution is -0.144. The molecule has 0 bridgehead atoms. The molecule has 5 rings (SSSR count). The first-order chi connectivity index (χ1) is 18.9. The number of likely N-dealkylation sites (tertiary alicyclic amines) is 1. The van der Waals surface area contributed by atoms with Crippen LogP contribution in [0.5, 0.6) is 0 Å². The highest BCUT2D eigenvalue weighted by molar-refractivity contribution is 5.90. The molecule has 4 atom stereocenters. The van der Waals surface area contributed by atoms with Crippen LogP contribution in [-0.2, 0) is 9.59 Å². The average Bonchev–Trinajstić information content (AvgIpc) is 3.50. The van der Waals surface area contributed by atoms with Gasteiger partial charge in [0, 0.05) is 49.4 Å². The van der Waals surface area contributed by atoms with E-state index < -0.39 is 41.4 Å². The van der Waals surface area contributed by atoms with E-state index in [1.165, 1.54) is 17.0 Å². The van der Waals surface area contributed by atoms with Crippen molar-refractivity contribution in [1.29, 1.82) is 0 Å². The Morgan fingerprint density at radius 1 is 1.10 bits per heavy atom. The van der Waals surface area contributed by atoms with Crippen LogP contribution >= 0.6 is 0 Å². The van der Waals surface area contributed by atoms with Crippen LogP contribution in [0.2, 0.25) is 0 Å². The lowest BCUT2D eigenvalue weighted by Crippen LogP contribution is -2.50. The predicted octanol–water partition coefficient (Wildman–Crippen LogP) is 2.68. The molecule has 11 heteroatoms. The number of piperidine rings is 1. The van der Waals surface area contributed by atoms with Crippen molar-refractivity contribution in [2.24, 2.45) is 5.41 Å². The van der Waals surface area contributed by atoms with E-state index in [-0.39, 0.29) is 25.0 Å². The van der Waals surface area contributed by atoms with Gasteiger partial charge in [0.05, 0.1) is 23.9 Å². The summed E-state index contributed by atoms with van der Waals surface area (Å²) in [6, 6.07) is 2.42. The molecule has 3 heterocycles. The summed E-state index contributed by atoms with van der Waals surface area (Å²) in [7, 11) is 0. The molecule has 1 aliphatic carbocycles. The van der Waals surface area contributed by atoms with Crippen molar-refractivity contribution in [1.82, 2.24) is 25.2 Å². The second-order valence-corrected chi connectivity index (χ2v) is 12.7. The number of aliphatic hydroxyl groups excluding tert-OH is 2. The fourth-order valence-corrected chi connectivity index (χ4v) is 5.98. The van der Waals surface area contributed by atoms with Crippen LogP contribution in [0.25, 0.3) is 0 Å². The minimum absolute atomic E-state index is 0.0450. The summed E-state index contributed by atoms with van der Waals surface area (Å²) in [4.78, 5) is 31.2. The molecule has 10 nitrogen and oxygen atoms in total. The average molecular weight is 557 g/mol. The van der Waals surface area contributed by atoms with E-state index in [2.05, 4.69) is 20.5 Å². The van der Waals surface area contributed by atoms with Gasteiger partial charge in [-0.15, -0.1) is 5.10 Å². The zero-order chi connectivity index (χ0) is 28.8. The number of benzene rings is 1. The van der Waals surface area contributed by atoms with Gasteiger partial charge in [-0.05, 0) is 56.2 Å². The van der Waals surface area contributed by atoms with Gasteiger partial charge >= 0.3 is 0 Å². The molecule has 1 aromatic heterocycles. The van der Waals surface area contributed by atoms with E-state index in [0.717, 1.165) is 24.2 Å². The van der Waals surface area contributed by atoms with Gasteiger partial charge in [0.2, 0.25) is 11.8 Å². The van der Waals surface area contributed by atoms with Gasteiger partial charge in [-0.25, -0.2) is 9.07 Å². The number of anilines is 1. The Morgan fingerprint density at radius 2 is 1.80 bits per heavy atom. The summed E-state index contributed by atoms with van der Waals surface area (Å²) in [5, 5.41) is 32.0. The number of nitrogens with zero attached hydrogens (tertiary/aromatic N) is 5. The van der Waals surface area contributed by atoms with Crippen LogP contribution in [0.3, 0.4) is 0 Å². The topological polar surface area (TPSA) is 124 Å². The highest BCUT2D eigenvalue weighted by atomic mass is 19.1. The number of amides is 2. The molecular formula is C29H41FN6O4. The molecule has 2 aromatic rings. The minimum Gasteiger partial charge on any atom is -0.393 e. The maximum absolute atomic E-state index is 14.3. The zero-order valence-electron chi connectivity index (χ0n) is 23.8. The zero-order valence-corrected chi connectivity index (χ0v) is 23.8. The molecule has 3 fully saturated rings. The van der Waals surface area contributed by atoms with Crippen molar-refractivity contribution in [2.75, 3.05) is 24.5 Å². The summed E-state index contributed by atoms with van der Waals surface area (Å²) < 4.78 is 15.9. The van der Waals surface area contributed by atoms with E-state index in [9.17, 15) is 24.2 Å². The van der Waals surface area contributed by atoms with Gasteiger partial charge in [-0.2, -0.15) is 0 Å². The molecule has 2 saturated heterocycles. The van der Waals surface area contributed by atoms with Crippen LogP contribution in [0, 0.1) is 11.2 Å². The van der Waals surface area contributed by atoms with Gasteiger partial charge in [-0.1, -0.05) is 26.0 Å². The van der Waals surface area contributed by atoms with Crippen LogP contribution < -0.4 is 10.2 Å². The van der Waals surface area contributed by atoms with Gasteiger partial charge in [0.25, 0.3) is 0 Å². The number of carbonyl (C=O) groups is 2. The van der Waals surface area contributed by atoms with E-state index in [4.69, 9.17) is 0 Å². The Labute approximate surface area is 234 Å². The van der Waals surface area contributed by atoms with E-state index >= 15 is 0 Å². The number of halogens is 1. The smallest absolute Gasteiger partial charge is 0.248 e. The maximum atomic E-state index is 14.3. The van der Waals surface area contributed by atoms with Crippen LogP contribution in [-0.4, -0.2) is 79.8 Å². The van der Waals surface area contributed by atoms with Crippen LogP contribution in [0.15, 0.2) is 24.4 Å². The van der Waals surface area contributed by atoms with Crippen molar-refractivity contribution >= 4 is 17.5 Å². The Bertz CT molecular complexity index is 1230. The summed E-state index contributed by atoms with van der Waals surface area (Å²) in [6.07, 6.45) is 4.15. The molecule has 1 aromatic carbocycles. The number of carbonyl (C=O) groups excluding carboxylic acids is 2. The van der Waals surface area contributed by atoms with Crippen molar-refractivity contribution in [3.63, 3.8) is 0 Å². The quantitative estimate of drug-likeness (QED) is 0.479. The largest absolute Gasteiger partial charge is 0.393 e. The third-order valence-electron chi connectivity index (χ3n) is 8.33. The lowest BCUT2D eigenvalue weighted by atomic mass is 9.85. The molecule has 2 amide bonds. The van der Waals surface area contributed by atoms with Crippen LogP contribution in [0.1, 0.15) is 89.1 Å². The number of hydrogen-bond acceptors (Lipinski definition) is 7. The summed E-state index contributed by atoms with van der Waals surface area (Å²) in [6.45, 7) is 8.95. The molecule has 40 heavy (non-hydrogen) atoms. The second-order valence-electron chi connectivity index (χ2n) is 12.7. The highest BCUT2D eigenvalue weighted by Gasteiger charge is 2.45. The van der Waals surface area contributed by atoms with Crippen molar-refractivity contribution in [3.8, 4) is 0 Å². The lowest BCUT2D eigenvalue weighted by Gasteiger charge is -2.35. The first kappa shape index (κ1) is 28.5. The molecular weight excluding hydrogens is 515 g/mol. The fourth-order valence-electron chi connectivity index (χ4n) is 5.98. The summed E-state index contributed by atoms with van der Waals surface area (Å²) >= 11 is 0. The molecule has 3 N–H and O–H groups in total. The number of rotatable bonds is 7. The monoisotopic (exact) mass is 556 g/mol. The number of aliphatic hydroxyl groups is 2. The van der Waals surface area contributed by atoms with Crippen molar-refractivity contribution in [3.05, 3.63) is 41.5 Å². The van der Waals surface area contributed by atoms with Gasteiger partial charge < -0.3 is 25.3 Å². The molecule has 1 saturated carbocycles. The second kappa shape index (κ2) is 11.1. The Balaban J connectivity index is 1.35. The third kappa shape index (κ3) is 6.00. The highest BCUT2D eigenvalue weighted by Crippen LogP contribution is 2.40. The number of hydrogen-bond donors (Lipinski definition) is 3. The molecule has 1 unspecified atom stereocenters. The maximum Gasteiger partial charge on any atom is 0.248 e. The fraction of sp³-hybridized carbons (Fsp3) is 0.655. The molecule has 218 valence electrons. The normalized spacial score (nSPS) is 23.8. The molecule has 3 aliphatic rings. The molecule has 2 aliphatic heterocycles. The van der Waals surface area contributed by atoms with E-state index in [1.54, 1.807) is 17.7 Å². The van der Waals surface area contributed by atoms with Crippen molar-refractivity contribution in [2.45, 2.75) is 96.1 Å². The first-order valence-corrected chi connectivity index (χ1v) is 14.4. The van der Waals surface area contributed by atoms with Crippen molar-refractivity contribution < 1.29 is 24.2 Å². The van der Waals surface area contributed by atoms with Gasteiger partial charge in [0.1, 0.15) is 17.9 Å². The van der Waals surface area contributed by atoms with E-state index in [0.29, 0.717) is 37.4 Å². The van der Waals surface area contributed by atoms with Gasteiger partial charge in [0.15, 0.2) is 0 Å². The van der Waals surface area contributed by atoms with Gasteiger partial charge in [-0.3, -0.25) is 9.59 Å². The Kier molecular flexibility index (Phi) is 7.89. The Morgan fingerprint density at radius 3 is 2.45 bits per heavy atom. The SMILES string of the molecule is CC(NC(=O)[C@@H]1C[C@@H](O)CN1C(=O)[C@@H](n1cc(C2CC2)nn1)C(C)(C)C)c1cc(F)ccc1N1CCC(O)CC1.